The molecule has 0 spiro atoms. The molecule has 0 radical (unpaired) electrons. The Morgan fingerprint density at radius 3 is 1.37 bits per heavy atom. The molecule has 0 saturated carbocycles. The first-order valence-electron chi connectivity index (χ1n) is 24.2. The fourth-order valence-corrected chi connectivity index (χ4v) is 8.27. The lowest BCUT2D eigenvalue weighted by Crippen LogP contribution is -2.05. The van der Waals surface area contributed by atoms with Crippen molar-refractivity contribution in [3.8, 4) is 16.9 Å². The van der Waals surface area contributed by atoms with Gasteiger partial charge in [-0.3, -0.25) is 0 Å². The van der Waals surface area contributed by atoms with Gasteiger partial charge in [0.25, 0.3) is 0 Å². The highest BCUT2D eigenvalue weighted by Crippen LogP contribution is 2.29. The van der Waals surface area contributed by atoms with Crippen molar-refractivity contribution in [2.45, 2.75) is 207 Å². The van der Waals surface area contributed by atoms with Crippen molar-refractivity contribution >= 4 is 12.2 Å². The Balaban J connectivity index is 1.41. The lowest BCUT2D eigenvalue weighted by atomic mass is 9.99. The van der Waals surface area contributed by atoms with E-state index >= 15 is 0 Å². The molecular formula is C55H82N2. The van der Waals surface area contributed by atoms with Crippen LogP contribution < -0.4 is 0 Å². The van der Waals surface area contributed by atoms with Crippen LogP contribution in [0.25, 0.3) is 29.1 Å². The van der Waals surface area contributed by atoms with Gasteiger partial charge in [0, 0.05) is 5.56 Å². The van der Waals surface area contributed by atoms with Gasteiger partial charge in [-0.15, -0.1) is 0 Å². The molecule has 0 amide bonds. The quantitative estimate of drug-likeness (QED) is 0.0452. The Hall–Kier alpha value is -3.39. The molecule has 4 aromatic rings. The molecule has 3 aromatic carbocycles. The van der Waals surface area contributed by atoms with E-state index in [0.717, 1.165) is 18.5 Å². The van der Waals surface area contributed by atoms with E-state index in [9.17, 15) is 0 Å². The maximum Gasteiger partial charge on any atom is 0.0862 e. The summed E-state index contributed by atoms with van der Waals surface area (Å²) in [5, 5.41) is 5.30. The highest BCUT2D eigenvalue weighted by Gasteiger charge is 2.15. The second-order valence-electron chi connectivity index (χ2n) is 17.2. The van der Waals surface area contributed by atoms with E-state index in [1.165, 1.54) is 212 Å². The number of unbranched alkanes of at least 4 members (excludes halogenated alkanes) is 20. The van der Waals surface area contributed by atoms with Gasteiger partial charge in [0.1, 0.15) is 0 Å². The van der Waals surface area contributed by atoms with Gasteiger partial charge in [-0.2, -0.15) is 5.10 Å². The number of hydrogen-bond donors (Lipinski definition) is 0. The van der Waals surface area contributed by atoms with Gasteiger partial charge < -0.3 is 0 Å². The second-order valence-corrected chi connectivity index (χ2v) is 17.2. The minimum absolute atomic E-state index is 1.00. The predicted molar refractivity (Wildman–Crippen MR) is 253 cm³/mol. The minimum Gasteiger partial charge on any atom is -0.232 e. The molecule has 0 atom stereocenters. The van der Waals surface area contributed by atoms with Gasteiger partial charge in [-0.25, -0.2) is 4.68 Å². The Bertz CT molecular complexity index is 1620. The van der Waals surface area contributed by atoms with Crippen LogP contribution in [0.4, 0.5) is 0 Å². The van der Waals surface area contributed by atoms with E-state index in [1.807, 2.05) is 0 Å². The summed E-state index contributed by atoms with van der Waals surface area (Å²) in [6, 6.07) is 28.1. The summed E-state index contributed by atoms with van der Waals surface area (Å²) in [6.45, 7) is 9.18. The van der Waals surface area contributed by atoms with E-state index in [4.69, 9.17) is 5.10 Å². The number of aryl methyl sites for hydroxylation is 4. The Morgan fingerprint density at radius 2 is 0.842 bits per heavy atom. The average Bonchev–Trinajstić information content (AvgIpc) is 3.67. The van der Waals surface area contributed by atoms with Gasteiger partial charge in [0.05, 0.1) is 17.1 Å². The van der Waals surface area contributed by atoms with Crippen LogP contribution >= 0.6 is 0 Å². The summed E-state index contributed by atoms with van der Waals surface area (Å²) < 4.78 is 2.24. The van der Waals surface area contributed by atoms with Crippen LogP contribution in [0.15, 0.2) is 72.8 Å². The number of hydrogen-bond acceptors (Lipinski definition) is 1. The molecule has 1 aromatic heterocycles. The minimum atomic E-state index is 1.00. The average molecular weight is 771 g/mol. The maximum absolute atomic E-state index is 5.30. The highest BCUT2D eigenvalue weighted by molar-refractivity contribution is 5.72. The summed E-state index contributed by atoms with van der Waals surface area (Å²) in [5.41, 5.74) is 11.6. The van der Waals surface area contributed by atoms with E-state index in [1.54, 1.807) is 0 Å². The largest absolute Gasteiger partial charge is 0.232 e. The van der Waals surface area contributed by atoms with Crippen LogP contribution in [0.3, 0.4) is 0 Å². The SMILES string of the molecule is CCCCCCCCCCCCc1ccc(C=Cc2cc(-c3ccc(CCCCCCCCCCCC)cc3)n(-c3ccc(CCCC)cc3CCCC)n2)cc1. The van der Waals surface area contributed by atoms with Gasteiger partial charge in [0.15, 0.2) is 0 Å². The number of aromatic nitrogens is 2. The normalized spacial score (nSPS) is 11.6. The zero-order chi connectivity index (χ0) is 40.2. The molecule has 1 heterocycles. The molecule has 0 bridgehead atoms. The molecular weight excluding hydrogens is 689 g/mol. The molecule has 0 aliphatic carbocycles. The van der Waals surface area contributed by atoms with Crippen molar-refractivity contribution < 1.29 is 0 Å². The molecule has 0 saturated heterocycles. The van der Waals surface area contributed by atoms with Gasteiger partial charge in [0.2, 0.25) is 0 Å². The summed E-state index contributed by atoms with van der Waals surface area (Å²) in [7, 11) is 0. The van der Waals surface area contributed by atoms with Crippen molar-refractivity contribution in [2.24, 2.45) is 0 Å². The van der Waals surface area contributed by atoms with E-state index in [2.05, 4.69) is 117 Å². The fourth-order valence-electron chi connectivity index (χ4n) is 8.27. The molecule has 2 nitrogen and oxygen atoms in total. The number of rotatable bonds is 32. The first-order chi connectivity index (χ1) is 28.1. The topological polar surface area (TPSA) is 17.8 Å². The van der Waals surface area contributed by atoms with Crippen LogP contribution in [0, 0.1) is 0 Å². The molecule has 312 valence electrons. The third-order valence-electron chi connectivity index (χ3n) is 12.0. The predicted octanol–water partition coefficient (Wildman–Crippen LogP) is 17.3. The van der Waals surface area contributed by atoms with Crippen LogP contribution in [0.2, 0.25) is 0 Å². The molecule has 0 fully saturated rings. The Morgan fingerprint density at radius 1 is 0.404 bits per heavy atom. The number of nitrogens with zero attached hydrogens (tertiary/aromatic N) is 2. The smallest absolute Gasteiger partial charge is 0.0862 e. The molecule has 0 aliphatic rings. The van der Waals surface area contributed by atoms with Crippen molar-refractivity contribution in [2.75, 3.05) is 0 Å². The van der Waals surface area contributed by atoms with Crippen molar-refractivity contribution in [1.29, 1.82) is 0 Å². The third-order valence-corrected chi connectivity index (χ3v) is 12.0. The van der Waals surface area contributed by atoms with Gasteiger partial charge in [-0.1, -0.05) is 223 Å². The molecule has 0 unspecified atom stereocenters. The zero-order valence-corrected chi connectivity index (χ0v) is 37.3. The summed E-state index contributed by atoms with van der Waals surface area (Å²) >= 11 is 0. The fraction of sp³-hybridized carbons (Fsp3) is 0.582. The molecule has 4 rings (SSSR count). The van der Waals surface area contributed by atoms with Crippen LogP contribution in [0.1, 0.15) is 215 Å². The lowest BCUT2D eigenvalue weighted by molar-refractivity contribution is 0.556. The summed E-state index contributed by atoms with van der Waals surface area (Å²) in [4.78, 5) is 0. The Labute approximate surface area is 351 Å². The number of benzene rings is 3. The first-order valence-corrected chi connectivity index (χ1v) is 24.2. The summed E-state index contributed by atoms with van der Waals surface area (Å²) in [6.07, 6.45) is 41.6. The van der Waals surface area contributed by atoms with Crippen molar-refractivity contribution in [3.05, 3.63) is 106 Å². The molecule has 0 N–H and O–H groups in total. The van der Waals surface area contributed by atoms with Crippen molar-refractivity contribution in [3.63, 3.8) is 0 Å². The van der Waals surface area contributed by atoms with Gasteiger partial charge >= 0.3 is 0 Å². The Kier molecular flexibility index (Phi) is 23.5. The van der Waals surface area contributed by atoms with Crippen molar-refractivity contribution in [1.82, 2.24) is 9.78 Å². The zero-order valence-electron chi connectivity index (χ0n) is 37.3. The third kappa shape index (κ3) is 18.0. The van der Waals surface area contributed by atoms with Crippen LogP contribution in [-0.4, -0.2) is 9.78 Å². The van der Waals surface area contributed by atoms with E-state index < -0.39 is 0 Å². The molecule has 2 heteroatoms. The first kappa shape index (κ1) is 46.3. The summed E-state index contributed by atoms with van der Waals surface area (Å²) in [5.74, 6) is 0. The van der Waals surface area contributed by atoms with E-state index in [-0.39, 0.29) is 0 Å². The van der Waals surface area contributed by atoms with Crippen LogP contribution in [0.5, 0.6) is 0 Å². The molecule has 57 heavy (non-hydrogen) atoms. The van der Waals surface area contributed by atoms with E-state index in [0.29, 0.717) is 0 Å². The highest BCUT2D eigenvalue weighted by atomic mass is 15.3. The maximum atomic E-state index is 5.30. The lowest BCUT2D eigenvalue weighted by Gasteiger charge is -2.15. The van der Waals surface area contributed by atoms with Gasteiger partial charge in [-0.05, 0) is 97.4 Å². The molecule has 0 aliphatic heterocycles. The van der Waals surface area contributed by atoms with Crippen LogP contribution in [-0.2, 0) is 25.7 Å². The monoisotopic (exact) mass is 771 g/mol. The second kappa shape index (κ2) is 28.9. The standard InChI is InChI=1S/C55H82N2/c1-5-9-13-15-17-19-21-23-25-27-30-47-33-35-49(36-34-47)39-43-53-46-55(57(56-53)54-44-40-50(29-11-7-3)45-52(54)32-12-8-4)51-41-37-48(38-42-51)31-28-26-24-22-20-18-16-14-10-6-2/h33-46H,5-32H2,1-4H3.